The van der Waals surface area contributed by atoms with Crippen LogP contribution in [0.2, 0.25) is 0 Å². The van der Waals surface area contributed by atoms with Gasteiger partial charge in [0.25, 0.3) is 0 Å². The van der Waals surface area contributed by atoms with Gasteiger partial charge in [0, 0.05) is 17.2 Å². The monoisotopic (exact) mass is 242 g/mol. The summed E-state index contributed by atoms with van der Waals surface area (Å²) < 4.78 is 11.1. The number of ether oxygens (including phenoxy) is 2. The van der Waals surface area contributed by atoms with Crippen LogP contribution in [0, 0.1) is 0 Å². The van der Waals surface area contributed by atoms with Crippen molar-refractivity contribution in [2.75, 3.05) is 7.11 Å². The highest BCUT2D eigenvalue weighted by Crippen LogP contribution is 2.39. The predicted molar refractivity (Wildman–Crippen MR) is 69.3 cm³/mol. The third-order valence-electron chi connectivity index (χ3n) is 3.39. The molecule has 2 aromatic carbocycles. The molecule has 0 aromatic heterocycles. The predicted octanol–water partition coefficient (Wildman–Crippen LogP) is 2.74. The van der Waals surface area contributed by atoms with Gasteiger partial charge in [0.1, 0.15) is 11.5 Å². The zero-order chi connectivity index (χ0) is 12.7. The highest BCUT2D eigenvalue weighted by molar-refractivity contribution is 5.95. The Morgan fingerprint density at radius 2 is 2.11 bits per heavy atom. The van der Waals surface area contributed by atoms with Crippen LogP contribution in [-0.4, -0.2) is 19.0 Å². The molecular weight excluding hydrogens is 228 g/mol. The van der Waals surface area contributed by atoms with Gasteiger partial charge in [-0.05, 0) is 18.6 Å². The Balaban J connectivity index is 2.18. The van der Waals surface area contributed by atoms with Crippen LogP contribution in [0.3, 0.4) is 0 Å². The quantitative estimate of drug-likeness (QED) is 0.812. The maximum Gasteiger partial charge on any atom is 0.170 e. The van der Waals surface area contributed by atoms with E-state index in [1.807, 2.05) is 30.3 Å². The lowest BCUT2D eigenvalue weighted by Gasteiger charge is -2.10. The lowest BCUT2D eigenvalue weighted by atomic mass is 10.0. The number of fused-ring (bicyclic) bond motifs is 3. The van der Waals surface area contributed by atoms with Crippen molar-refractivity contribution in [3.05, 3.63) is 35.9 Å². The number of rotatable bonds is 2. The summed E-state index contributed by atoms with van der Waals surface area (Å²) in [6.45, 7) is 1.57. The van der Waals surface area contributed by atoms with Crippen molar-refractivity contribution in [3.8, 4) is 11.5 Å². The molecule has 0 radical (unpaired) electrons. The molecule has 3 heteroatoms. The molecule has 0 aliphatic carbocycles. The number of hydrogen-bond acceptors (Lipinski definition) is 3. The molecule has 18 heavy (non-hydrogen) atoms. The SMILES string of the molecule is COc1cccc2c3c(ccc12)CC(C(C)=O)O3. The van der Waals surface area contributed by atoms with Crippen LogP contribution >= 0.6 is 0 Å². The molecule has 0 saturated heterocycles. The molecule has 1 unspecified atom stereocenters. The van der Waals surface area contributed by atoms with Gasteiger partial charge in [-0.2, -0.15) is 0 Å². The van der Waals surface area contributed by atoms with E-state index in [0.717, 1.165) is 27.8 Å². The standard InChI is InChI=1S/C15H14O3/c1-9(16)14-8-10-6-7-11-12(15(10)18-14)4-3-5-13(11)17-2/h3-7,14H,8H2,1-2H3. The van der Waals surface area contributed by atoms with Crippen molar-refractivity contribution in [2.24, 2.45) is 0 Å². The summed E-state index contributed by atoms with van der Waals surface area (Å²) in [5.41, 5.74) is 1.09. The zero-order valence-electron chi connectivity index (χ0n) is 10.4. The number of Topliss-reactive ketones (excluding diaryl/α,β-unsaturated/α-hetero) is 1. The molecule has 3 nitrogen and oxygen atoms in total. The van der Waals surface area contributed by atoms with Crippen LogP contribution in [0.5, 0.6) is 11.5 Å². The van der Waals surface area contributed by atoms with E-state index in [1.54, 1.807) is 14.0 Å². The highest BCUT2D eigenvalue weighted by atomic mass is 16.5. The molecular formula is C15H14O3. The molecule has 0 saturated carbocycles. The number of ketones is 1. The smallest absolute Gasteiger partial charge is 0.170 e. The van der Waals surface area contributed by atoms with Gasteiger partial charge in [-0.1, -0.05) is 24.3 Å². The Morgan fingerprint density at radius 1 is 1.28 bits per heavy atom. The first kappa shape index (κ1) is 11.1. The van der Waals surface area contributed by atoms with Crippen LogP contribution < -0.4 is 9.47 Å². The third-order valence-corrected chi connectivity index (χ3v) is 3.39. The fourth-order valence-corrected chi connectivity index (χ4v) is 2.43. The van der Waals surface area contributed by atoms with E-state index in [1.165, 1.54) is 0 Å². The molecule has 1 heterocycles. The molecule has 3 rings (SSSR count). The molecule has 0 spiro atoms. The van der Waals surface area contributed by atoms with Crippen LogP contribution in [-0.2, 0) is 11.2 Å². The molecule has 1 atom stereocenters. The second kappa shape index (κ2) is 4.02. The van der Waals surface area contributed by atoms with Crippen molar-refractivity contribution in [1.82, 2.24) is 0 Å². The van der Waals surface area contributed by atoms with Crippen LogP contribution in [0.1, 0.15) is 12.5 Å². The van der Waals surface area contributed by atoms with Gasteiger partial charge < -0.3 is 9.47 Å². The summed E-state index contributed by atoms with van der Waals surface area (Å²) >= 11 is 0. The molecule has 0 fully saturated rings. The van der Waals surface area contributed by atoms with E-state index in [4.69, 9.17) is 9.47 Å². The molecule has 2 aromatic rings. The lowest BCUT2D eigenvalue weighted by Crippen LogP contribution is -2.21. The van der Waals surface area contributed by atoms with E-state index in [2.05, 4.69) is 0 Å². The number of methoxy groups -OCH3 is 1. The first-order valence-corrected chi connectivity index (χ1v) is 5.96. The minimum Gasteiger partial charge on any atom is -0.496 e. The fourth-order valence-electron chi connectivity index (χ4n) is 2.43. The molecule has 0 N–H and O–H groups in total. The van der Waals surface area contributed by atoms with Gasteiger partial charge in [-0.3, -0.25) is 4.79 Å². The Hall–Kier alpha value is -2.03. The summed E-state index contributed by atoms with van der Waals surface area (Å²) in [5, 5.41) is 2.03. The van der Waals surface area contributed by atoms with Gasteiger partial charge in [0.05, 0.1) is 7.11 Å². The van der Waals surface area contributed by atoms with Crippen LogP contribution in [0.4, 0.5) is 0 Å². The number of benzene rings is 2. The third kappa shape index (κ3) is 1.55. The van der Waals surface area contributed by atoms with Gasteiger partial charge in [-0.25, -0.2) is 0 Å². The molecule has 1 aliphatic heterocycles. The summed E-state index contributed by atoms with van der Waals surface area (Å²) in [6, 6.07) is 9.90. The van der Waals surface area contributed by atoms with Crippen molar-refractivity contribution in [2.45, 2.75) is 19.4 Å². The van der Waals surface area contributed by atoms with Crippen molar-refractivity contribution < 1.29 is 14.3 Å². The minimum absolute atomic E-state index is 0.0715. The summed E-state index contributed by atoms with van der Waals surface area (Å²) in [5.74, 6) is 1.72. The van der Waals surface area contributed by atoms with E-state index in [9.17, 15) is 4.79 Å². The minimum atomic E-state index is -0.336. The van der Waals surface area contributed by atoms with Gasteiger partial charge >= 0.3 is 0 Å². The average molecular weight is 242 g/mol. The average Bonchev–Trinajstić information content (AvgIpc) is 2.82. The molecule has 1 aliphatic rings. The van der Waals surface area contributed by atoms with E-state index in [0.29, 0.717) is 6.42 Å². The first-order valence-electron chi connectivity index (χ1n) is 5.96. The van der Waals surface area contributed by atoms with E-state index >= 15 is 0 Å². The Kier molecular flexibility index (Phi) is 2.47. The van der Waals surface area contributed by atoms with Crippen LogP contribution in [0.15, 0.2) is 30.3 Å². The summed E-state index contributed by atoms with van der Waals surface area (Å²) in [7, 11) is 1.65. The maximum absolute atomic E-state index is 11.4. The second-order valence-electron chi connectivity index (χ2n) is 4.53. The second-order valence-corrected chi connectivity index (χ2v) is 4.53. The van der Waals surface area contributed by atoms with Crippen molar-refractivity contribution in [1.29, 1.82) is 0 Å². The van der Waals surface area contributed by atoms with Gasteiger partial charge in [0.15, 0.2) is 11.9 Å². The number of hydrogen-bond donors (Lipinski definition) is 0. The number of carbonyl (C=O) groups excluding carboxylic acids is 1. The highest BCUT2D eigenvalue weighted by Gasteiger charge is 2.28. The molecule has 0 amide bonds. The zero-order valence-corrected chi connectivity index (χ0v) is 10.4. The molecule has 92 valence electrons. The van der Waals surface area contributed by atoms with E-state index in [-0.39, 0.29) is 11.9 Å². The summed E-state index contributed by atoms with van der Waals surface area (Å²) in [6.07, 6.45) is 0.328. The van der Waals surface area contributed by atoms with Gasteiger partial charge in [-0.15, -0.1) is 0 Å². The lowest BCUT2D eigenvalue weighted by molar-refractivity contribution is -0.122. The topological polar surface area (TPSA) is 35.5 Å². The van der Waals surface area contributed by atoms with Gasteiger partial charge in [0.2, 0.25) is 0 Å². The fraction of sp³-hybridized carbons (Fsp3) is 0.267. The van der Waals surface area contributed by atoms with Crippen molar-refractivity contribution in [3.63, 3.8) is 0 Å². The first-order chi connectivity index (χ1) is 8.70. The number of carbonyl (C=O) groups is 1. The normalized spacial score (nSPS) is 17.3. The van der Waals surface area contributed by atoms with Crippen LogP contribution in [0.25, 0.3) is 10.8 Å². The van der Waals surface area contributed by atoms with Crippen molar-refractivity contribution >= 4 is 16.6 Å². The largest absolute Gasteiger partial charge is 0.496 e. The van der Waals surface area contributed by atoms with E-state index < -0.39 is 0 Å². The Labute approximate surface area is 105 Å². The molecule has 0 bridgehead atoms. The Morgan fingerprint density at radius 3 is 2.83 bits per heavy atom. The maximum atomic E-state index is 11.4. The summed E-state index contributed by atoms with van der Waals surface area (Å²) in [4.78, 5) is 11.4. The Bertz CT molecular complexity index is 631.